The predicted molar refractivity (Wildman–Crippen MR) is 90.9 cm³/mol. The van der Waals surface area contributed by atoms with E-state index < -0.39 is 8.32 Å². The fourth-order valence-electron chi connectivity index (χ4n) is 1.71. The topological polar surface area (TPSA) is 9.23 Å². The van der Waals surface area contributed by atoms with Crippen molar-refractivity contribution in [1.82, 2.24) is 0 Å². The van der Waals surface area contributed by atoms with Crippen molar-refractivity contribution >= 4 is 24.2 Å². The first-order chi connectivity index (χ1) is 8.71. The molecular formula is C16H27BrOSi. The van der Waals surface area contributed by atoms with Crippen LogP contribution in [0.1, 0.15) is 45.2 Å². The average Bonchev–Trinajstić information content (AvgIpc) is 2.30. The van der Waals surface area contributed by atoms with Crippen molar-refractivity contribution in [2.75, 3.05) is 0 Å². The standard InChI is InChI=1S/C16H27BrOSi/c1-7-8-14-11-13(12-17)9-10-15(14)18-19(5,6)16(2,3)4/h9-11H,7-8,12H2,1-6H3. The smallest absolute Gasteiger partial charge is 0.250 e. The summed E-state index contributed by atoms with van der Waals surface area (Å²) in [6, 6.07) is 6.60. The van der Waals surface area contributed by atoms with E-state index in [0.717, 1.165) is 23.9 Å². The zero-order valence-electron chi connectivity index (χ0n) is 13.1. The number of aryl methyl sites for hydroxylation is 1. The highest BCUT2D eigenvalue weighted by Crippen LogP contribution is 2.38. The Kier molecular flexibility index (Phi) is 5.69. The van der Waals surface area contributed by atoms with Crippen LogP contribution in [0.3, 0.4) is 0 Å². The lowest BCUT2D eigenvalue weighted by Gasteiger charge is -2.37. The molecule has 0 unspecified atom stereocenters. The fourth-order valence-corrected chi connectivity index (χ4v) is 3.11. The maximum Gasteiger partial charge on any atom is 0.250 e. The largest absolute Gasteiger partial charge is 0.543 e. The van der Waals surface area contributed by atoms with Crippen LogP contribution < -0.4 is 4.43 Å². The Hall–Kier alpha value is -0.283. The van der Waals surface area contributed by atoms with E-state index in [1.165, 1.54) is 11.1 Å². The normalized spacial score (nSPS) is 12.6. The molecule has 0 atom stereocenters. The highest BCUT2D eigenvalue weighted by atomic mass is 79.9. The van der Waals surface area contributed by atoms with E-state index >= 15 is 0 Å². The molecule has 1 aromatic rings. The molecule has 0 fully saturated rings. The molecule has 0 saturated carbocycles. The van der Waals surface area contributed by atoms with Gasteiger partial charge in [-0.05, 0) is 41.7 Å². The first-order valence-corrected chi connectivity index (χ1v) is 11.1. The Morgan fingerprint density at radius 1 is 1.21 bits per heavy atom. The van der Waals surface area contributed by atoms with E-state index in [0.29, 0.717) is 0 Å². The molecule has 0 saturated heterocycles. The van der Waals surface area contributed by atoms with Crippen LogP contribution in [-0.2, 0) is 11.8 Å². The van der Waals surface area contributed by atoms with Crippen molar-refractivity contribution in [2.24, 2.45) is 0 Å². The van der Waals surface area contributed by atoms with Gasteiger partial charge in [-0.25, -0.2) is 0 Å². The summed E-state index contributed by atoms with van der Waals surface area (Å²) in [5.74, 6) is 1.10. The molecule has 0 spiro atoms. The van der Waals surface area contributed by atoms with Crippen LogP contribution in [0.4, 0.5) is 0 Å². The summed E-state index contributed by atoms with van der Waals surface area (Å²) in [6.07, 6.45) is 2.24. The third-order valence-corrected chi connectivity index (χ3v) is 8.96. The average molecular weight is 343 g/mol. The van der Waals surface area contributed by atoms with Gasteiger partial charge in [0.25, 0.3) is 0 Å². The summed E-state index contributed by atoms with van der Waals surface area (Å²) >= 11 is 3.53. The van der Waals surface area contributed by atoms with Gasteiger partial charge < -0.3 is 4.43 Å². The Morgan fingerprint density at radius 3 is 2.32 bits per heavy atom. The third-order valence-electron chi connectivity index (χ3n) is 3.97. The van der Waals surface area contributed by atoms with Crippen molar-refractivity contribution in [1.29, 1.82) is 0 Å². The quantitative estimate of drug-likeness (QED) is 0.476. The molecule has 3 heteroatoms. The van der Waals surface area contributed by atoms with Crippen molar-refractivity contribution in [3.05, 3.63) is 29.3 Å². The Bertz CT molecular complexity index is 421. The van der Waals surface area contributed by atoms with Gasteiger partial charge in [0.05, 0.1) is 0 Å². The van der Waals surface area contributed by atoms with Crippen molar-refractivity contribution in [3.63, 3.8) is 0 Å². The maximum absolute atomic E-state index is 6.47. The minimum atomic E-state index is -1.75. The third kappa shape index (κ3) is 4.35. The summed E-state index contributed by atoms with van der Waals surface area (Å²) in [5, 5.41) is 1.15. The first-order valence-electron chi connectivity index (χ1n) is 7.08. The van der Waals surface area contributed by atoms with E-state index in [1.54, 1.807) is 0 Å². The number of halogens is 1. The van der Waals surface area contributed by atoms with E-state index in [-0.39, 0.29) is 5.04 Å². The zero-order chi connectivity index (χ0) is 14.7. The van der Waals surface area contributed by atoms with E-state index in [4.69, 9.17) is 4.43 Å². The second kappa shape index (κ2) is 6.44. The molecule has 0 N–H and O–H groups in total. The molecule has 19 heavy (non-hydrogen) atoms. The summed E-state index contributed by atoms with van der Waals surface area (Å²) in [6.45, 7) is 13.7. The number of hydrogen-bond acceptors (Lipinski definition) is 1. The molecule has 0 aliphatic rings. The molecule has 0 bridgehead atoms. The van der Waals surface area contributed by atoms with Gasteiger partial charge in [-0.3, -0.25) is 0 Å². The van der Waals surface area contributed by atoms with Gasteiger partial charge in [-0.15, -0.1) is 0 Å². The first kappa shape index (κ1) is 16.8. The van der Waals surface area contributed by atoms with Gasteiger partial charge in [0.1, 0.15) is 5.75 Å². The monoisotopic (exact) mass is 342 g/mol. The lowest BCUT2D eigenvalue weighted by Crippen LogP contribution is -2.44. The zero-order valence-corrected chi connectivity index (χ0v) is 15.7. The van der Waals surface area contributed by atoms with Gasteiger partial charge in [0.15, 0.2) is 0 Å². The van der Waals surface area contributed by atoms with Crippen LogP contribution in [0.15, 0.2) is 18.2 Å². The lowest BCUT2D eigenvalue weighted by atomic mass is 10.1. The minimum Gasteiger partial charge on any atom is -0.543 e. The summed E-state index contributed by atoms with van der Waals surface area (Å²) in [7, 11) is -1.75. The number of rotatable bonds is 5. The van der Waals surface area contributed by atoms with Crippen LogP contribution >= 0.6 is 15.9 Å². The van der Waals surface area contributed by atoms with Gasteiger partial charge in [-0.1, -0.05) is 62.2 Å². The van der Waals surface area contributed by atoms with Gasteiger partial charge in [0, 0.05) is 5.33 Å². The second-order valence-electron chi connectivity index (χ2n) is 6.69. The molecule has 1 aromatic carbocycles. The van der Waals surface area contributed by atoms with E-state index in [2.05, 4.69) is 74.9 Å². The van der Waals surface area contributed by atoms with E-state index in [9.17, 15) is 0 Å². The second-order valence-corrected chi connectivity index (χ2v) is 12.0. The summed E-state index contributed by atoms with van der Waals surface area (Å²) in [4.78, 5) is 0. The molecule has 108 valence electrons. The molecule has 0 radical (unpaired) electrons. The van der Waals surface area contributed by atoms with Crippen LogP contribution in [-0.4, -0.2) is 8.32 Å². The van der Waals surface area contributed by atoms with Gasteiger partial charge >= 0.3 is 0 Å². The molecule has 1 rings (SSSR count). The van der Waals surface area contributed by atoms with Crippen molar-refractivity contribution in [2.45, 2.75) is 64.0 Å². The molecule has 0 amide bonds. The van der Waals surface area contributed by atoms with Crippen LogP contribution in [0, 0.1) is 0 Å². The maximum atomic E-state index is 6.47. The highest BCUT2D eigenvalue weighted by Gasteiger charge is 2.39. The van der Waals surface area contributed by atoms with Gasteiger partial charge in [-0.2, -0.15) is 0 Å². The molecule has 0 aliphatic carbocycles. The van der Waals surface area contributed by atoms with Crippen molar-refractivity contribution in [3.8, 4) is 5.75 Å². The van der Waals surface area contributed by atoms with Crippen LogP contribution in [0.2, 0.25) is 18.1 Å². The van der Waals surface area contributed by atoms with Crippen molar-refractivity contribution < 1.29 is 4.43 Å². The molecule has 0 heterocycles. The number of benzene rings is 1. The van der Waals surface area contributed by atoms with Crippen LogP contribution in [0.25, 0.3) is 0 Å². The summed E-state index contributed by atoms with van der Waals surface area (Å²) < 4.78 is 6.47. The SMILES string of the molecule is CCCc1cc(CBr)ccc1O[Si](C)(C)C(C)(C)C. The Labute approximate surface area is 128 Å². The molecule has 1 nitrogen and oxygen atoms in total. The van der Waals surface area contributed by atoms with E-state index in [1.807, 2.05) is 0 Å². The highest BCUT2D eigenvalue weighted by molar-refractivity contribution is 9.08. The minimum absolute atomic E-state index is 0.241. The molecular weight excluding hydrogens is 316 g/mol. The number of hydrogen-bond donors (Lipinski definition) is 0. The molecule has 0 aromatic heterocycles. The Morgan fingerprint density at radius 2 is 1.84 bits per heavy atom. The van der Waals surface area contributed by atoms with Gasteiger partial charge in [0.2, 0.25) is 8.32 Å². The molecule has 0 aliphatic heterocycles. The Balaban J connectivity index is 3.06. The summed E-state index contributed by atoms with van der Waals surface area (Å²) in [5.41, 5.74) is 2.68. The lowest BCUT2D eigenvalue weighted by molar-refractivity contribution is 0.486. The number of alkyl halides is 1. The predicted octanol–water partition coefficient (Wildman–Crippen LogP) is 5.92. The van der Waals surface area contributed by atoms with Crippen LogP contribution in [0.5, 0.6) is 5.75 Å². The fraction of sp³-hybridized carbons (Fsp3) is 0.625.